The minimum absolute atomic E-state index is 1.45. The Kier molecular flexibility index (Phi) is 6.29. The first-order valence-corrected chi connectivity index (χ1v) is 15.7. The van der Waals surface area contributed by atoms with Crippen molar-refractivity contribution in [1.29, 1.82) is 0 Å². The third-order valence-electron chi connectivity index (χ3n) is 6.24. The zero-order chi connectivity index (χ0) is 20.9. The summed E-state index contributed by atoms with van der Waals surface area (Å²) in [6.07, 6.45) is 0. The van der Waals surface area contributed by atoms with Crippen molar-refractivity contribution in [1.82, 2.24) is 0 Å². The van der Waals surface area contributed by atoms with Crippen LogP contribution in [0.2, 0.25) is 0 Å². The summed E-state index contributed by atoms with van der Waals surface area (Å²) >= 11 is 0. The molecule has 0 unspecified atom stereocenters. The summed E-state index contributed by atoms with van der Waals surface area (Å²) in [6, 6.07) is 44.2. The van der Waals surface area contributed by atoms with Crippen LogP contribution in [0, 0.1) is 0 Å². The molecule has 0 nitrogen and oxygen atoms in total. The van der Waals surface area contributed by atoms with Gasteiger partial charge in [0.05, 0.1) is 0 Å². The Bertz CT molecular complexity index is 918. The first-order valence-electron chi connectivity index (χ1n) is 10.6. The molecule has 152 valence electrons. The molecule has 4 aromatic rings. The van der Waals surface area contributed by atoms with Crippen molar-refractivity contribution in [2.45, 2.75) is 0 Å². The van der Waals surface area contributed by atoms with Crippen LogP contribution in [-0.2, 0) is 0 Å². The van der Waals surface area contributed by atoms with E-state index in [9.17, 15) is 0 Å². The van der Waals surface area contributed by atoms with E-state index in [1.165, 1.54) is 21.2 Å². The molecule has 0 amide bonds. The van der Waals surface area contributed by atoms with Crippen molar-refractivity contribution >= 4 is 35.7 Å². The number of hydrogen-bond donors (Lipinski definition) is 0. The molecule has 30 heavy (non-hydrogen) atoms. The van der Waals surface area contributed by atoms with Crippen molar-refractivity contribution in [3.05, 3.63) is 133 Å². The fraction of sp³-hybridized carbons (Fsp3) is 0.0714. The van der Waals surface area contributed by atoms with Gasteiger partial charge in [-0.1, -0.05) is 0 Å². The molecule has 0 saturated heterocycles. The van der Waals surface area contributed by atoms with Crippen molar-refractivity contribution in [2.75, 3.05) is 13.3 Å². The van der Waals surface area contributed by atoms with Crippen LogP contribution < -0.4 is 21.2 Å². The summed E-state index contributed by atoms with van der Waals surface area (Å²) < 4.78 is 0. The summed E-state index contributed by atoms with van der Waals surface area (Å²) in [6.45, 7) is 4.94. The standard InChI is InChI=1S/C28H30P2/c1-29(25-15-7-3-8-16-25,26-17-9-4-10-18-26)23-24-30(2,27-19-11-5-12-20-27)28-21-13-6-14-22-28/h3-24,29-30H,1-2H3/b24-23-. The zero-order valence-electron chi connectivity index (χ0n) is 17.7. The molecule has 0 aliphatic carbocycles. The molecular weight excluding hydrogens is 398 g/mol. The van der Waals surface area contributed by atoms with Gasteiger partial charge in [-0.2, -0.15) is 0 Å². The third-order valence-corrected chi connectivity index (χ3v) is 14.4. The Hall–Kier alpha value is -2.52. The Morgan fingerprint density at radius 3 is 0.767 bits per heavy atom. The first-order chi connectivity index (χ1) is 14.6. The van der Waals surface area contributed by atoms with Gasteiger partial charge in [0.15, 0.2) is 0 Å². The van der Waals surface area contributed by atoms with Crippen molar-refractivity contribution in [2.24, 2.45) is 0 Å². The number of rotatable bonds is 6. The third kappa shape index (κ3) is 4.17. The van der Waals surface area contributed by atoms with E-state index in [-0.39, 0.29) is 0 Å². The predicted octanol–water partition coefficient (Wildman–Crippen LogP) is 5.52. The normalized spacial score (nSPS) is 13.3. The van der Waals surface area contributed by atoms with Gasteiger partial charge >= 0.3 is 182 Å². The molecule has 0 saturated carbocycles. The van der Waals surface area contributed by atoms with E-state index >= 15 is 0 Å². The quantitative estimate of drug-likeness (QED) is 0.355. The van der Waals surface area contributed by atoms with Crippen LogP contribution in [0.15, 0.2) is 133 Å². The maximum absolute atomic E-state index is 2.59. The van der Waals surface area contributed by atoms with Crippen LogP contribution in [0.1, 0.15) is 0 Å². The second kappa shape index (κ2) is 9.09. The Balaban J connectivity index is 1.87. The van der Waals surface area contributed by atoms with E-state index in [0.29, 0.717) is 0 Å². The molecule has 0 fully saturated rings. The van der Waals surface area contributed by atoms with Crippen LogP contribution in [0.25, 0.3) is 0 Å². The molecule has 0 aliphatic heterocycles. The molecule has 0 radical (unpaired) electrons. The van der Waals surface area contributed by atoms with E-state index in [1.807, 2.05) is 0 Å². The maximum atomic E-state index is 2.59. The second-order valence-corrected chi connectivity index (χ2v) is 16.0. The molecule has 2 heteroatoms. The van der Waals surface area contributed by atoms with Gasteiger partial charge in [0, 0.05) is 0 Å². The average molecular weight is 428 g/mol. The second-order valence-electron chi connectivity index (χ2n) is 8.20. The molecule has 4 rings (SSSR count). The van der Waals surface area contributed by atoms with E-state index in [0.717, 1.165) is 0 Å². The zero-order valence-corrected chi connectivity index (χ0v) is 19.7. The van der Waals surface area contributed by atoms with Gasteiger partial charge in [0.25, 0.3) is 0 Å². The fourth-order valence-electron chi connectivity index (χ4n) is 4.19. The predicted molar refractivity (Wildman–Crippen MR) is 142 cm³/mol. The fourth-order valence-corrected chi connectivity index (χ4v) is 11.8. The Morgan fingerprint density at radius 1 is 0.367 bits per heavy atom. The monoisotopic (exact) mass is 428 g/mol. The van der Waals surface area contributed by atoms with Crippen LogP contribution in [0.5, 0.6) is 0 Å². The first kappa shape index (κ1) is 20.7. The number of benzene rings is 4. The molecule has 0 N–H and O–H groups in total. The van der Waals surface area contributed by atoms with Gasteiger partial charge in [0.2, 0.25) is 0 Å². The van der Waals surface area contributed by atoms with Crippen molar-refractivity contribution in [3.8, 4) is 0 Å². The Morgan fingerprint density at radius 2 is 0.567 bits per heavy atom. The minimum atomic E-state index is -2.02. The topological polar surface area (TPSA) is 0 Å². The average Bonchev–Trinajstić information content (AvgIpc) is 2.84. The van der Waals surface area contributed by atoms with Gasteiger partial charge in [-0.15, -0.1) is 0 Å². The SMILES string of the molecule is C[PH](/C=C\[PH](C)(c1ccccc1)c1ccccc1)(c1ccccc1)c1ccccc1. The molecule has 0 atom stereocenters. The van der Waals surface area contributed by atoms with E-state index < -0.39 is 14.5 Å². The van der Waals surface area contributed by atoms with Crippen molar-refractivity contribution in [3.63, 3.8) is 0 Å². The molecule has 0 aromatic heterocycles. The van der Waals surface area contributed by atoms with E-state index in [2.05, 4.69) is 146 Å². The number of hydrogen-bond acceptors (Lipinski definition) is 0. The van der Waals surface area contributed by atoms with Crippen LogP contribution >= 0.6 is 14.5 Å². The molecular formula is C28H30P2. The Labute approximate surface area is 182 Å². The summed E-state index contributed by atoms with van der Waals surface area (Å²) in [7, 11) is -4.05. The van der Waals surface area contributed by atoms with Crippen molar-refractivity contribution < 1.29 is 0 Å². The van der Waals surface area contributed by atoms with Crippen LogP contribution in [-0.4, -0.2) is 13.3 Å². The molecule has 0 aliphatic rings. The van der Waals surface area contributed by atoms with Crippen LogP contribution in [0.3, 0.4) is 0 Å². The van der Waals surface area contributed by atoms with Gasteiger partial charge in [-0.05, 0) is 0 Å². The van der Waals surface area contributed by atoms with Crippen LogP contribution in [0.4, 0.5) is 0 Å². The van der Waals surface area contributed by atoms with E-state index in [1.54, 1.807) is 0 Å². The van der Waals surface area contributed by atoms with Gasteiger partial charge < -0.3 is 0 Å². The summed E-state index contributed by atoms with van der Waals surface area (Å²) in [5.41, 5.74) is 0. The molecule has 0 bridgehead atoms. The van der Waals surface area contributed by atoms with Gasteiger partial charge in [-0.25, -0.2) is 0 Å². The summed E-state index contributed by atoms with van der Waals surface area (Å²) in [5, 5.41) is 5.80. The summed E-state index contributed by atoms with van der Waals surface area (Å²) in [4.78, 5) is 0. The van der Waals surface area contributed by atoms with Gasteiger partial charge in [-0.3, -0.25) is 0 Å². The van der Waals surface area contributed by atoms with E-state index in [4.69, 9.17) is 0 Å². The summed E-state index contributed by atoms with van der Waals surface area (Å²) in [5.74, 6) is 5.17. The molecule has 0 spiro atoms. The van der Waals surface area contributed by atoms with Gasteiger partial charge in [0.1, 0.15) is 0 Å². The molecule has 0 heterocycles. The molecule has 4 aromatic carbocycles.